The molecule has 0 N–H and O–H groups in total. The van der Waals surface area contributed by atoms with Crippen LogP contribution in [0.25, 0.3) is 0 Å². The topological polar surface area (TPSA) is 25.8 Å². The number of rotatable bonds is 4. The van der Waals surface area contributed by atoms with Gasteiger partial charge in [0.2, 0.25) is 0 Å². The molecule has 0 aliphatic carbocycles. The van der Waals surface area contributed by atoms with Crippen LogP contribution in [0.3, 0.4) is 0 Å². The van der Waals surface area contributed by atoms with Crippen LogP contribution >= 0.6 is 23.4 Å². The molecule has 0 spiro atoms. The maximum Gasteiger partial charge on any atom is 0.136 e. The highest BCUT2D eigenvalue weighted by Gasteiger charge is 2.10. The van der Waals surface area contributed by atoms with Crippen LogP contribution in [0, 0.1) is 13.8 Å². The molecular weight excluding hydrogens is 276 g/mol. The van der Waals surface area contributed by atoms with E-state index in [0.717, 1.165) is 29.3 Å². The summed E-state index contributed by atoms with van der Waals surface area (Å²) >= 11 is 7.82. The molecule has 0 unspecified atom stereocenters. The number of hydrogen-bond donors (Lipinski definition) is 0. The zero-order valence-corrected chi connectivity index (χ0v) is 13.0. The molecule has 0 aliphatic heterocycles. The summed E-state index contributed by atoms with van der Waals surface area (Å²) in [6.07, 6.45) is 1.88. The average molecular weight is 293 g/mol. The van der Waals surface area contributed by atoms with E-state index in [-0.39, 0.29) is 0 Å². The van der Waals surface area contributed by atoms with Crippen molar-refractivity contribution in [2.45, 2.75) is 43.5 Å². The Hall–Kier alpha value is -1.06. The van der Waals surface area contributed by atoms with Crippen molar-refractivity contribution in [3.05, 3.63) is 46.4 Å². The van der Waals surface area contributed by atoms with Crippen LogP contribution in [0.2, 0.25) is 5.15 Å². The molecule has 2 rings (SSSR count). The number of hydrogen-bond acceptors (Lipinski definition) is 3. The van der Waals surface area contributed by atoms with Gasteiger partial charge in [0.1, 0.15) is 16.0 Å². The second-order valence-electron chi connectivity index (χ2n) is 4.53. The number of nitrogens with zero attached hydrogens (tertiary/aromatic N) is 2. The van der Waals surface area contributed by atoms with E-state index < -0.39 is 0 Å². The molecule has 2 nitrogen and oxygen atoms in total. The summed E-state index contributed by atoms with van der Waals surface area (Å²) in [6.45, 7) is 6.17. The second-order valence-corrected chi connectivity index (χ2v) is 5.95. The van der Waals surface area contributed by atoms with Gasteiger partial charge in [0.25, 0.3) is 0 Å². The van der Waals surface area contributed by atoms with Crippen molar-refractivity contribution in [3.63, 3.8) is 0 Å². The van der Waals surface area contributed by atoms with Crippen molar-refractivity contribution in [1.82, 2.24) is 9.97 Å². The monoisotopic (exact) mass is 292 g/mol. The SMILES string of the molecule is CCCc1nc(Cl)c(C)c(Sc2ccc(C)cc2)n1. The number of aromatic nitrogens is 2. The predicted octanol–water partition coefficient (Wildman–Crippen LogP) is 4.85. The van der Waals surface area contributed by atoms with Gasteiger partial charge < -0.3 is 0 Å². The first kappa shape index (κ1) is 14.4. The molecule has 1 heterocycles. The summed E-state index contributed by atoms with van der Waals surface area (Å²) in [5.74, 6) is 0.827. The Morgan fingerprint density at radius 3 is 2.42 bits per heavy atom. The molecule has 0 amide bonds. The van der Waals surface area contributed by atoms with Gasteiger partial charge in [0, 0.05) is 16.9 Å². The number of aryl methyl sites for hydroxylation is 2. The number of halogens is 1. The lowest BCUT2D eigenvalue weighted by Gasteiger charge is -2.08. The van der Waals surface area contributed by atoms with E-state index in [0.29, 0.717) is 5.15 Å². The van der Waals surface area contributed by atoms with Crippen LogP contribution in [0.1, 0.15) is 30.3 Å². The molecule has 1 aromatic carbocycles. The third kappa shape index (κ3) is 3.71. The standard InChI is InChI=1S/C15H17ClN2S/c1-4-5-13-17-14(16)11(3)15(18-13)19-12-8-6-10(2)7-9-12/h6-9H,4-5H2,1-3H3. The van der Waals surface area contributed by atoms with E-state index in [9.17, 15) is 0 Å². The summed E-state index contributed by atoms with van der Waals surface area (Å²) in [7, 11) is 0. The van der Waals surface area contributed by atoms with E-state index in [1.807, 2.05) is 6.92 Å². The van der Waals surface area contributed by atoms with E-state index in [2.05, 4.69) is 48.1 Å². The zero-order valence-electron chi connectivity index (χ0n) is 11.4. The second kappa shape index (κ2) is 6.40. The average Bonchev–Trinajstić information content (AvgIpc) is 2.38. The van der Waals surface area contributed by atoms with Crippen molar-refractivity contribution >= 4 is 23.4 Å². The summed E-state index contributed by atoms with van der Waals surface area (Å²) in [6, 6.07) is 8.42. The Morgan fingerprint density at radius 1 is 1.11 bits per heavy atom. The fourth-order valence-electron chi connectivity index (χ4n) is 1.66. The largest absolute Gasteiger partial charge is 0.226 e. The summed E-state index contributed by atoms with van der Waals surface area (Å²) in [5, 5.41) is 1.51. The predicted molar refractivity (Wildman–Crippen MR) is 81.1 cm³/mol. The fraction of sp³-hybridized carbons (Fsp3) is 0.333. The van der Waals surface area contributed by atoms with Gasteiger partial charge in [0.05, 0.1) is 0 Å². The summed E-state index contributed by atoms with van der Waals surface area (Å²) in [4.78, 5) is 10.1. The van der Waals surface area contributed by atoms with Crippen LogP contribution in [0.4, 0.5) is 0 Å². The van der Waals surface area contributed by atoms with Gasteiger partial charge in [-0.1, -0.05) is 48.0 Å². The summed E-state index contributed by atoms with van der Waals surface area (Å²) < 4.78 is 0. The Morgan fingerprint density at radius 2 is 1.79 bits per heavy atom. The van der Waals surface area contributed by atoms with Crippen molar-refractivity contribution in [2.75, 3.05) is 0 Å². The molecule has 100 valence electrons. The van der Waals surface area contributed by atoms with Gasteiger partial charge in [-0.15, -0.1) is 0 Å². The molecule has 1 aromatic heterocycles. The molecule has 2 aromatic rings. The molecule has 4 heteroatoms. The molecule has 0 saturated heterocycles. The van der Waals surface area contributed by atoms with Crippen LogP contribution in [0.15, 0.2) is 34.2 Å². The van der Waals surface area contributed by atoms with E-state index in [1.165, 1.54) is 10.5 Å². The highest BCUT2D eigenvalue weighted by atomic mass is 35.5. The van der Waals surface area contributed by atoms with Gasteiger partial charge in [-0.2, -0.15) is 0 Å². The zero-order chi connectivity index (χ0) is 13.8. The van der Waals surface area contributed by atoms with Gasteiger partial charge in [-0.3, -0.25) is 0 Å². The van der Waals surface area contributed by atoms with Crippen molar-refractivity contribution in [2.24, 2.45) is 0 Å². The normalized spacial score (nSPS) is 10.7. The summed E-state index contributed by atoms with van der Waals surface area (Å²) in [5.41, 5.74) is 2.21. The lowest BCUT2D eigenvalue weighted by molar-refractivity contribution is 0.801. The lowest BCUT2D eigenvalue weighted by atomic mass is 10.2. The van der Waals surface area contributed by atoms with Crippen molar-refractivity contribution in [1.29, 1.82) is 0 Å². The van der Waals surface area contributed by atoms with Crippen molar-refractivity contribution < 1.29 is 0 Å². The highest BCUT2D eigenvalue weighted by Crippen LogP contribution is 2.31. The van der Waals surface area contributed by atoms with Crippen LogP contribution in [0.5, 0.6) is 0 Å². The van der Waals surface area contributed by atoms with Gasteiger partial charge >= 0.3 is 0 Å². The van der Waals surface area contributed by atoms with Crippen molar-refractivity contribution in [3.8, 4) is 0 Å². The molecule has 0 saturated carbocycles. The third-order valence-corrected chi connectivity index (χ3v) is 4.26. The van der Waals surface area contributed by atoms with E-state index in [4.69, 9.17) is 11.6 Å². The first-order chi connectivity index (χ1) is 9.10. The molecule has 0 radical (unpaired) electrons. The molecular formula is C15H17ClN2S. The van der Waals surface area contributed by atoms with Crippen LogP contribution in [-0.2, 0) is 6.42 Å². The van der Waals surface area contributed by atoms with E-state index >= 15 is 0 Å². The molecule has 0 fully saturated rings. The molecule has 0 bridgehead atoms. The Balaban J connectivity index is 2.30. The molecule has 0 atom stereocenters. The van der Waals surface area contributed by atoms with Crippen LogP contribution < -0.4 is 0 Å². The minimum Gasteiger partial charge on any atom is -0.226 e. The molecule has 19 heavy (non-hydrogen) atoms. The van der Waals surface area contributed by atoms with Gasteiger partial charge in [0.15, 0.2) is 0 Å². The molecule has 0 aliphatic rings. The maximum absolute atomic E-state index is 6.18. The lowest BCUT2D eigenvalue weighted by Crippen LogP contribution is -1.99. The highest BCUT2D eigenvalue weighted by molar-refractivity contribution is 7.99. The maximum atomic E-state index is 6.18. The minimum atomic E-state index is 0.563. The first-order valence-corrected chi connectivity index (χ1v) is 7.57. The Kier molecular flexibility index (Phi) is 4.83. The Labute approximate surface area is 123 Å². The quantitative estimate of drug-likeness (QED) is 0.753. The van der Waals surface area contributed by atoms with Gasteiger partial charge in [-0.05, 0) is 32.4 Å². The third-order valence-electron chi connectivity index (χ3n) is 2.80. The Bertz CT molecular complexity index is 567. The smallest absolute Gasteiger partial charge is 0.136 e. The first-order valence-electron chi connectivity index (χ1n) is 6.37. The van der Waals surface area contributed by atoms with Gasteiger partial charge in [-0.25, -0.2) is 9.97 Å². The fourth-order valence-corrected chi connectivity index (χ4v) is 2.80. The van der Waals surface area contributed by atoms with E-state index in [1.54, 1.807) is 11.8 Å². The minimum absolute atomic E-state index is 0.563. The van der Waals surface area contributed by atoms with Crippen LogP contribution in [-0.4, -0.2) is 9.97 Å². The number of benzene rings is 1.